The Labute approximate surface area is 257 Å². The molecule has 1 aromatic rings. The van der Waals surface area contributed by atoms with Gasteiger partial charge < -0.3 is 9.47 Å². The van der Waals surface area contributed by atoms with Crippen LogP contribution in [0.3, 0.4) is 0 Å². The average Bonchev–Trinajstić information content (AvgIpc) is 3.47. The highest BCUT2D eigenvalue weighted by atomic mass is 32.1. The topological polar surface area (TPSA) is 48.4 Å². The van der Waals surface area contributed by atoms with E-state index >= 15 is 0 Å². The Morgan fingerprint density at radius 1 is 0.878 bits per heavy atom. The summed E-state index contributed by atoms with van der Waals surface area (Å²) in [7, 11) is 0. The first-order chi connectivity index (χ1) is 20.1. The van der Waals surface area contributed by atoms with Gasteiger partial charge in [-0.2, -0.15) is 4.37 Å². The van der Waals surface area contributed by atoms with Gasteiger partial charge in [-0.1, -0.05) is 130 Å². The van der Waals surface area contributed by atoms with Crippen molar-refractivity contribution in [2.45, 2.75) is 175 Å². The van der Waals surface area contributed by atoms with Crippen LogP contribution in [0, 0.1) is 11.8 Å². The lowest BCUT2D eigenvalue weighted by molar-refractivity contribution is -0.152. The number of allylic oxidation sites excluding steroid dienone is 2. The number of carbonyl (C=O) groups is 1. The van der Waals surface area contributed by atoms with E-state index < -0.39 is 0 Å². The fraction of sp³-hybridized carbons (Fsp3) is 0.833. The molecule has 1 aromatic heterocycles. The second kappa shape index (κ2) is 23.1. The van der Waals surface area contributed by atoms with Crippen molar-refractivity contribution in [3.8, 4) is 5.75 Å². The van der Waals surface area contributed by atoms with Gasteiger partial charge in [0, 0.05) is 6.42 Å². The molecule has 3 atom stereocenters. The van der Waals surface area contributed by atoms with Crippen molar-refractivity contribution in [1.82, 2.24) is 4.37 Å². The highest BCUT2D eigenvalue weighted by molar-refractivity contribution is 7.04. The summed E-state index contributed by atoms with van der Waals surface area (Å²) in [5, 5.41) is 2.06. The van der Waals surface area contributed by atoms with Gasteiger partial charge >= 0.3 is 5.97 Å². The lowest BCUT2D eigenvalue weighted by Crippen LogP contribution is -2.31. The molecule has 0 saturated heterocycles. The molecule has 1 aliphatic rings. The molecule has 2 rings (SSSR count). The summed E-state index contributed by atoms with van der Waals surface area (Å²) in [6.45, 7) is 9.52. The Morgan fingerprint density at radius 2 is 1.46 bits per heavy atom. The molecule has 41 heavy (non-hydrogen) atoms. The van der Waals surface area contributed by atoms with E-state index in [-0.39, 0.29) is 12.1 Å². The minimum absolute atomic E-state index is 0.0178. The molecule has 0 aliphatic heterocycles. The lowest BCUT2D eigenvalue weighted by atomic mass is 9.76. The smallest absolute Gasteiger partial charge is 0.305 e. The summed E-state index contributed by atoms with van der Waals surface area (Å²) in [5.41, 5.74) is 2.36. The van der Waals surface area contributed by atoms with E-state index in [1.165, 1.54) is 113 Å². The first kappa shape index (κ1) is 35.8. The van der Waals surface area contributed by atoms with Gasteiger partial charge in [-0.15, -0.1) is 0 Å². The van der Waals surface area contributed by atoms with E-state index in [0.29, 0.717) is 18.3 Å². The minimum atomic E-state index is -0.0543. The van der Waals surface area contributed by atoms with Crippen LogP contribution in [0.4, 0.5) is 0 Å². The zero-order chi connectivity index (χ0) is 29.5. The van der Waals surface area contributed by atoms with Crippen LogP contribution in [0.25, 0.3) is 5.57 Å². The van der Waals surface area contributed by atoms with E-state index in [4.69, 9.17) is 13.8 Å². The number of ether oxygens (including phenoxy) is 2. The van der Waals surface area contributed by atoms with Gasteiger partial charge in [0.15, 0.2) is 5.75 Å². The first-order valence-electron chi connectivity index (χ1n) is 17.6. The predicted octanol–water partition coefficient (Wildman–Crippen LogP) is 11.7. The van der Waals surface area contributed by atoms with Gasteiger partial charge in [0.25, 0.3) is 0 Å². The van der Waals surface area contributed by atoms with E-state index in [1.807, 2.05) is 6.92 Å². The third-order valence-corrected chi connectivity index (χ3v) is 9.61. The number of carbonyl (C=O) groups excluding carboxylic acids is 1. The second-order valence-corrected chi connectivity index (χ2v) is 13.1. The molecule has 0 N–H and O–H groups in total. The normalized spacial score (nSPS) is 16.8. The van der Waals surface area contributed by atoms with Crippen LogP contribution >= 0.6 is 11.5 Å². The molecule has 0 radical (unpaired) electrons. The van der Waals surface area contributed by atoms with Gasteiger partial charge in [0.1, 0.15) is 11.8 Å². The maximum absolute atomic E-state index is 12.3. The fourth-order valence-electron chi connectivity index (χ4n) is 6.19. The number of aromatic nitrogens is 1. The van der Waals surface area contributed by atoms with Crippen LogP contribution in [-0.2, 0) is 9.53 Å². The van der Waals surface area contributed by atoms with Crippen LogP contribution in [0.5, 0.6) is 5.75 Å². The third-order valence-electron chi connectivity index (χ3n) is 9.00. The van der Waals surface area contributed by atoms with Crippen molar-refractivity contribution in [2.24, 2.45) is 11.8 Å². The third kappa shape index (κ3) is 15.1. The van der Waals surface area contributed by atoms with Crippen LogP contribution in [0.15, 0.2) is 11.5 Å². The Hall–Kier alpha value is -1.36. The van der Waals surface area contributed by atoms with Crippen LogP contribution in [-0.4, -0.2) is 23.1 Å². The van der Waals surface area contributed by atoms with Crippen LogP contribution < -0.4 is 4.74 Å². The summed E-state index contributed by atoms with van der Waals surface area (Å²) in [4.78, 5) is 12.3. The molecule has 0 saturated carbocycles. The van der Waals surface area contributed by atoms with Crippen molar-refractivity contribution < 1.29 is 14.3 Å². The van der Waals surface area contributed by atoms with E-state index in [9.17, 15) is 4.79 Å². The predicted molar refractivity (Wildman–Crippen MR) is 177 cm³/mol. The summed E-state index contributed by atoms with van der Waals surface area (Å²) >= 11 is 1.50. The Balaban J connectivity index is 1.75. The summed E-state index contributed by atoms with van der Waals surface area (Å²) < 4.78 is 17.0. The van der Waals surface area contributed by atoms with E-state index in [2.05, 4.69) is 32.2 Å². The molecular formula is C36H63NO3S. The van der Waals surface area contributed by atoms with Crippen molar-refractivity contribution >= 4 is 23.1 Å². The van der Waals surface area contributed by atoms with E-state index in [1.54, 1.807) is 0 Å². The molecule has 0 aromatic carbocycles. The molecule has 0 spiro atoms. The summed E-state index contributed by atoms with van der Waals surface area (Å²) in [5.74, 6) is 1.75. The Bertz CT molecular complexity index is 820. The molecule has 4 nitrogen and oxygen atoms in total. The summed E-state index contributed by atoms with van der Waals surface area (Å²) in [6, 6.07) is 0. The Kier molecular flexibility index (Phi) is 20.2. The minimum Gasteiger partial charge on any atom is -0.490 e. The molecule has 0 bridgehead atoms. The maximum atomic E-state index is 12.3. The fourth-order valence-corrected chi connectivity index (χ4v) is 6.83. The molecule has 0 amide bonds. The molecule has 0 fully saturated rings. The molecule has 236 valence electrons. The van der Waals surface area contributed by atoms with Crippen molar-refractivity contribution in [2.75, 3.05) is 6.61 Å². The quantitative estimate of drug-likeness (QED) is 0.0840. The number of hydrogen-bond acceptors (Lipinski definition) is 5. The van der Waals surface area contributed by atoms with Crippen molar-refractivity contribution in [3.05, 3.63) is 17.2 Å². The molecule has 1 heterocycles. The largest absolute Gasteiger partial charge is 0.490 e. The van der Waals surface area contributed by atoms with Crippen molar-refractivity contribution in [3.63, 3.8) is 0 Å². The molecule has 1 aliphatic carbocycles. The molecular weight excluding hydrogens is 526 g/mol. The number of esters is 1. The monoisotopic (exact) mass is 589 g/mol. The molecule has 3 unspecified atom stereocenters. The van der Waals surface area contributed by atoms with Gasteiger partial charge in [-0.25, -0.2) is 0 Å². The van der Waals surface area contributed by atoms with Gasteiger partial charge in [0.05, 0.1) is 12.0 Å². The first-order valence-corrected chi connectivity index (χ1v) is 18.4. The van der Waals surface area contributed by atoms with Crippen LogP contribution in [0.2, 0.25) is 0 Å². The van der Waals surface area contributed by atoms with Crippen molar-refractivity contribution in [1.29, 1.82) is 0 Å². The van der Waals surface area contributed by atoms with E-state index in [0.717, 1.165) is 56.6 Å². The van der Waals surface area contributed by atoms with Gasteiger partial charge in [-0.3, -0.25) is 4.79 Å². The second-order valence-electron chi connectivity index (χ2n) is 12.5. The van der Waals surface area contributed by atoms with Gasteiger partial charge in [0.2, 0.25) is 0 Å². The van der Waals surface area contributed by atoms with Gasteiger partial charge in [-0.05, 0) is 67.5 Å². The number of unbranched alkanes of at least 4 members (excludes halogenated alkanes) is 15. The number of nitrogens with zero attached hydrogens (tertiary/aromatic N) is 1. The number of rotatable bonds is 25. The molecule has 5 heteroatoms. The average molecular weight is 590 g/mol. The lowest BCUT2D eigenvalue weighted by Gasteiger charge is -2.33. The van der Waals surface area contributed by atoms with Crippen LogP contribution in [0.1, 0.15) is 175 Å². The standard InChI is InChI=1S/C36H63NO3S/c1-5-8-10-12-13-14-15-16-17-18-19-20-21-26-33(40-35(38)7-3)30(4)31-24-23-25-32(28-31)36-34(29-41-37-36)39-27-22-11-9-6-2/h25,29-31,33H,5-24,26-28H2,1-4H3. The summed E-state index contributed by atoms with van der Waals surface area (Å²) in [6.07, 6.45) is 29.5. The highest BCUT2D eigenvalue weighted by Gasteiger charge is 2.31. The highest BCUT2D eigenvalue weighted by Crippen LogP contribution is 2.40. The SMILES string of the molecule is CCCCCCCCCCCCCCCC(OC(=O)CC)C(C)C1CCC=C(c2nscc2OCCCCCC)C1. The zero-order valence-corrected chi connectivity index (χ0v) is 28.0. The number of hydrogen-bond donors (Lipinski definition) is 0. The Morgan fingerprint density at radius 3 is 2.07 bits per heavy atom. The zero-order valence-electron chi connectivity index (χ0n) is 27.2. The maximum Gasteiger partial charge on any atom is 0.305 e.